The minimum atomic E-state index is -0.352. The maximum atomic E-state index is 11.1. The number of hydrogen-bond donors (Lipinski definition) is 3. The van der Waals surface area contributed by atoms with Crippen LogP contribution < -0.4 is 10.6 Å². The number of carbonyl (C=O) groups is 1. The highest BCUT2D eigenvalue weighted by Gasteiger charge is 2.14. The summed E-state index contributed by atoms with van der Waals surface area (Å²) in [5, 5.41) is 15.4. The average molecular weight is 216 g/mol. The van der Waals surface area contributed by atoms with Gasteiger partial charge in [-0.1, -0.05) is 26.7 Å². The molecule has 1 atom stereocenters. The Kier molecular flexibility index (Phi) is 8.33. The quantitative estimate of drug-likeness (QED) is 0.554. The second kappa shape index (κ2) is 8.68. The Balaban J connectivity index is 3.61. The molecule has 1 amide bonds. The van der Waals surface area contributed by atoms with Gasteiger partial charge in [-0.15, -0.1) is 0 Å². The summed E-state index contributed by atoms with van der Waals surface area (Å²) in [6.45, 7) is 7.45. The van der Waals surface area contributed by atoms with Gasteiger partial charge < -0.3 is 15.7 Å². The van der Waals surface area contributed by atoms with Gasteiger partial charge in [0.1, 0.15) is 0 Å². The number of likely N-dealkylation sites (N-methyl/N-ethyl adjacent to an activating group) is 1. The van der Waals surface area contributed by atoms with Crippen molar-refractivity contribution in [1.29, 1.82) is 0 Å². The Morgan fingerprint density at radius 3 is 2.33 bits per heavy atom. The average Bonchev–Trinajstić information content (AvgIpc) is 2.20. The number of aliphatic hydroxyl groups excluding tert-OH is 1. The van der Waals surface area contributed by atoms with Gasteiger partial charge >= 0.3 is 0 Å². The summed E-state index contributed by atoms with van der Waals surface area (Å²) in [6, 6.07) is 0. The number of hydrogen-bond acceptors (Lipinski definition) is 3. The Hall–Kier alpha value is -0.610. The lowest BCUT2D eigenvalue weighted by Crippen LogP contribution is -2.39. The van der Waals surface area contributed by atoms with Crippen LogP contribution in [0.1, 0.15) is 33.6 Å². The molecule has 0 fully saturated rings. The zero-order chi connectivity index (χ0) is 11.7. The van der Waals surface area contributed by atoms with E-state index in [1.807, 2.05) is 6.92 Å². The molecular formula is C11H24N2O2. The normalized spacial score (nSPS) is 12.9. The third-order valence-corrected chi connectivity index (χ3v) is 2.61. The number of aliphatic hydroxyl groups is 1. The highest BCUT2D eigenvalue weighted by molar-refractivity contribution is 5.77. The highest BCUT2D eigenvalue weighted by Crippen LogP contribution is 2.11. The lowest BCUT2D eigenvalue weighted by Gasteiger charge is -2.20. The van der Waals surface area contributed by atoms with Crippen molar-refractivity contribution >= 4 is 5.91 Å². The molecule has 1 unspecified atom stereocenters. The predicted molar refractivity (Wildman–Crippen MR) is 61.6 cm³/mol. The summed E-state index contributed by atoms with van der Waals surface area (Å²) >= 11 is 0. The first kappa shape index (κ1) is 14.4. The Bertz CT molecular complexity index is 170. The molecule has 0 aromatic carbocycles. The molecule has 0 radical (unpaired) electrons. The first-order chi connectivity index (χ1) is 7.15. The summed E-state index contributed by atoms with van der Waals surface area (Å²) in [7, 11) is 0. The molecule has 4 nitrogen and oxygen atoms in total. The van der Waals surface area contributed by atoms with E-state index in [9.17, 15) is 9.90 Å². The fraction of sp³-hybridized carbons (Fsp3) is 0.909. The molecule has 0 aliphatic carbocycles. The van der Waals surface area contributed by atoms with Gasteiger partial charge in [0.25, 0.3) is 0 Å². The molecule has 0 aliphatic rings. The van der Waals surface area contributed by atoms with Gasteiger partial charge in [0, 0.05) is 13.1 Å². The highest BCUT2D eigenvalue weighted by atomic mass is 16.3. The summed E-state index contributed by atoms with van der Waals surface area (Å²) in [5.41, 5.74) is 0. The van der Waals surface area contributed by atoms with Crippen molar-refractivity contribution in [1.82, 2.24) is 10.6 Å². The van der Waals surface area contributed by atoms with Crippen LogP contribution in [0.25, 0.3) is 0 Å². The Labute approximate surface area is 92.4 Å². The van der Waals surface area contributed by atoms with E-state index >= 15 is 0 Å². The van der Waals surface area contributed by atoms with Crippen molar-refractivity contribution in [3.05, 3.63) is 0 Å². The molecule has 0 spiro atoms. The van der Waals surface area contributed by atoms with Crippen LogP contribution in [0.15, 0.2) is 0 Å². The van der Waals surface area contributed by atoms with Crippen LogP contribution in [-0.4, -0.2) is 36.8 Å². The van der Waals surface area contributed by atoms with Gasteiger partial charge in [-0.3, -0.25) is 4.79 Å². The summed E-state index contributed by atoms with van der Waals surface area (Å²) in [6.07, 6.45) is 1.59. The van der Waals surface area contributed by atoms with Crippen LogP contribution >= 0.6 is 0 Å². The van der Waals surface area contributed by atoms with E-state index in [-0.39, 0.29) is 18.6 Å². The molecule has 0 aromatic rings. The van der Waals surface area contributed by atoms with Crippen molar-refractivity contribution in [2.24, 2.45) is 5.92 Å². The van der Waals surface area contributed by atoms with Crippen LogP contribution in [0.5, 0.6) is 0 Å². The maximum absolute atomic E-state index is 11.1. The van der Waals surface area contributed by atoms with Crippen molar-refractivity contribution in [3.63, 3.8) is 0 Å². The zero-order valence-electron chi connectivity index (χ0n) is 10.0. The molecule has 0 aliphatic heterocycles. The second-order valence-electron chi connectivity index (χ2n) is 3.73. The van der Waals surface area contributed by atoms with Crippen LogP contribution in [0.3, 0.4) is 0 Å². The molecular weight excluding hydrogens is 192 g/mol. The SMILES string of the molecule is CCNC(=O)CNCC(O)C(CC)CC. The standard InChI is InChI=1S/C11H24N2O2/c1-4-9(5-2)10(14)7-12-8-11(15)13-6-3/h9-10,12,14H,4-8H2,1-3H3,(H,13,15). The van der Waals surface area contributed by atoms with Crippen LogP contribution in [-0.2, 0) is 4.79 Å². The lowest BCUT2D eigenvalue weighted by molar-refractivity contribution is -0.120. The molecule has 90 valence electrons. The Morgan fingerprint density at radius 2 is 1.87 bits per heavy atom. The lowest BCUT2D eigenvalue weighted by atomic mass is 9.97. The van der Waals surface area contributed by atoms with Gasteiger partial charge in [0.15, 0.2) is 0 Å². The summed E-state index contributed by atoms with van der Waals surface area (Å²) < 4.78 is 0. The Morgan fingerprint density at radius 1 is 1.27 bits per heavy atom. The fourth-order valence-corrected chi connectivity index (χ4v) is 1.59. The van der Waals surface area contributed by atoms with E-state index < -0.39 is 0 Å². The minimum Gasteiger partial charge on any atom is -0.392 e. The van der Waals surface area contributed by atoms with E-state index in [2.05, 4.69) is 24.5 Å². The predicted octanol–water partition coefficient (Wildman–Crippen LogP) is 0.509. The van der Waals surface area contributed by atoms with E-state index in [4.69, 9.17) is 0 Å². The second-order valence-corrected chi connectivity index (χ2v) is 3.73. The number of carbonyl (C=O) groups excluding carboxylic acids is 1. The summed E-state index contributed by atoms with van der Waals surface area (Å²) in [4.78, 5) is 11.1. The molecule has 0 saturated carbocycles. The van der Waals surface area contributed by atoms with Crippen molar-refractivity contribution in [2.45, 2.75) is 39.7 Å². The van der Waals surface area contributed by atoms with Crippen LogP contribution in [0.2, 0.25) is 0 Å². The van der Waals surface area contributed by atoms with E-state index in [0.717, 1.165) is 12.8 Å². The molecule has 0 saturated heterocycles. The van der Waals surface area contributed by atoms with E-state index in [1.165, 1.54) is 0 Å². The van der Waals surface area contributed by atoms with E-state index in [0.29, 0.717) is 19.0 Å². The van der Waals surface area contributed by atoms with Crippen molar-refractivity contribution in [3.8, 4) is 0 Å². The minimum absolute atomic E-state index is 0.0192. The first-order valence-corrected chi connectivity index (χ1v) is 5.81. The molecule has 0 heterocycles. The van der Waals surface area contributed by atoms with Crippen LogP contribution in [0.4, 0.5) is 0 Å². The zero-order valence-corrected chi connectivity index (χ0v) is 10.0. The largest absolute Gasteiger partial charge is 0.392 e. The topological polar surface area (TPSA) is 61.4 Å². The van der Waals surface area contributed by atoms with Crippen molar-refractivity contribution in [2.75, 3.05) is 19.6 Å². The first-order valence-electron chi connectivity index (χ1n) is 5.81. The maximum Gasteiger partial charge on any atom is 0.233 e. The fourth-order valence-electron chi connectivity index (χ4n) is 1.59. The third kappa shape index (κ3) is 6.47. The third-order valence-electron chi connectivity index (χ3n) is 2.61. The molecule has 0 aromatic heterocycles. The molecule has 4 heteroatoms. The molecule has 0 rings (SSSR count). The number of amides is 1. The molecule has 0 bridgehead atoms. The van der Waals surface area contributed by atoms with Gasteiger partial charge in [-0.05, 0) is 12.8 Å². The molecule has 3 N–H and O–H groups in total. The number of rotatable bonds is 8. The van der Waals surface area contributed by atoms with Gasteiger partial charge in [0.2, 0.25) is 5.91 Å². The van der Waals surface area contributed by atoms with E-state index in [1.54, 1.807) is 0 Å². The smallest absolute Gasteiger partial charge is 0.233 e. The summed E-state index contributed by atoms with van der Waals surface area (Å²) in [5.74, 6) is 0.306. The monoisotopic (exact) mass is 216 g/mol. The van der Waals surface area contributed by atoms with Crippen LogP contribution in [0, 0.1) is 5.92 Å². The number of nitrogens with one attached hydrogen (secondary N) is 2. The van der Waals surface area contributed by atoms with Gasteiger partial charge in [-0.2, -0.15) is 0 Å². The van der Waals surface area contributed by atoms with Crippen molar-refractivity contribution < 1.29 is 9.90 Å². The molecule has 15 heavy (non-hydrogen) atoms. The van der Waals surface area contributed by atoms with Gasteiger partial charge in [0.05, 0.1) is 12.6 Å². The van der Waals surface area contributed by atoms with Gasteiger partial charge in [-0.25, -0.2) is 0 Å².